The van der Waals surface area contributed by atoms with Crippen molar-refractivity contribution in [3.8, 4) is 5.75 Å². The third-order valence-corrected chi connectivity index (χ3v) is 4.40. The van der Waals surface area contributed by atoms with Gasteiger partial charge in [0.2, 0.25) is 0 Å². The summed E-state index contributed by atoms with van der Waals surface area (Å²) in [4.78, 5) is 0.186. The first-order valence-electron chi connectivity index (χ1n) is 5.46. The Morgan fingerprint density at radius 2 is 1.68 bits per heavy atom. The van der Waals surface area contributed by atoms with E-state index in [0.717, 1.165) is 6.26 Å². The molecule has 0 radical (unpaired) electrons. The maximum Gasteiger partial charge on any atom is 0.265 e. The van der Waals surface area contributed by atoms with E-state index in [1.807, 2.05) is 0 Å². The van der Waals surface area contributed by atoms with E-state index in [4.69, 9.17) is 9.29 Å². The topological polar surface area (TPSA) is 97.7 Å². The van der Waals surface area contributed by atoms with Crippen molar-refractivity contribution in [2.24, 2.45) is 5.92 Å². The van der Waals surface area contributed by atoms with Gasteiger partial charge in [0, 0.05) is 12.2 Å². The van der Waals surface area contributed by atoms with Crippen LogP contribution in [0.5, 0.6) is 5.75 Å². The predicted molar refractivity (Wildman–Crippen MR) is 70.6 cm³/mol. The van der Waals surface area contributed by atoms with E-state index in [-0.39, 0.29) is 23.2 Å². The number of hydrogen-bond acceptors (Lipinski definition) is 5. The molecule has 0 heterocycles. The summed E-state index contributed by atoms with van der Waals surface area (Å²) < 4.78 is 57.7. The average molecular weight is 308 g/mol. The van der Waals surface area contributed by atoms with Gasteiger partial charge in [-0.05, 0) is 24.3 Å². The molecule has 0 spiro atoms. The number of sulfone groups is 1. The Kier molecular flexibility index (Phi) is 4.94. The minimum absolute atomic E-state index is 0.109. The fourth-order valence-electron chi connectivity index (χ4n) is 1.43. The highest BCUT2D eigenvalue weighted by molar-refractivity contribution is 7.90. The maximum absolute atomic E-state index is 11.2. The molecular weight excluding hydrogens is 292 g/mol. The van der Waals surface area contributed by atoms with Crippen LogP contribution in [0, 0.1) is 5.92 Å². The van der Waals surface area contributed by atoms with Crippen LogP contribution < -0.4 is 4.74 Å². The van der Waals surface area contributed by atoms with Gasteiger partial charge in [-0.3, -0.25) is 4.55 Å². The molecule has 0 aliphatic carbocycles. The van der Waals surface area contributed by atoms with Gasteiger partial charge < -0.3 is 4.74 Å². The predicted octanol–water partition coefficient (Wildman–Crippen LogP) is 0.993. The Labute approximate surface area is 113 Å². The second-order valence-electron chi connectivity index (χ2n) is 4.41. The highest BCUT2D eigenvalue weighted by Gasteiger charge is 2.13. The summed E-state index contributed by atoms with van der Waals surface area (Å²) in [7, 11) is -7.26. The third kappa shape index (κ3) is 6.04. The molecule has 0 fully saturated rings. The van der Waals surface area contributed by atoms with Gasteiger partial charge in [0.1, 0.15) is 5.75 Å². The molecule has 0 aromatic heterocycles. The van der Waals surface area contributed by atoms with E-state index in [2.05, 4.69) is 0 Å². The molecule has 1 unspecified atom stereocenters. The zero-order valence-corrected chi connectivity index (χ0v) is 12.2. The smallest absolute Gasteiger partial charge is 0.265 e. The largest absolute Gasteiger partial charge is 0.493 e. The molecule has 0 amide bonds. The monoisotopic (exact) mass is 308 g/mol. The molecule has 8 heteroatoms. The van der Waals surface area contributed by atoms with Gasteiger partial charge in [0.25, 0.3) is 10.1 Å². The van der Waals surface area contributed by atoms with Crippen LogP contribution in [-0.4, -0.2) is 40.0 Å². The lowest BCUT2D eigenvalue weighted by Crippen LogP contribution is -2.18. The van der Waals surface area contributed by atoms with Gasteiger partial charge in [0.05, 0.1) is 17.3 Å². The summed E-state index contributed by atoms with van der Waals surface area (Å²) in [5.74, 6) is -0.312. The third-order valence-electron chi connectivity index (χ3n) is 2.28. The van der Waals surface area contributed by atoms with Gasteiger partial charge in [-0.15, -0.1) is 0 Å². The normalized spacial score (nSPS) is 14.1. The van der Waals surface area contributed by atoms with Crippen LogP contribution in [-0.2, 0) is 20.0 Å². The summed E-state index contributed by atoms with van der Waals surface area (Å²) in [5.41, 5.74) is 0. The Bertz CT molecular complexity index is 616. The lowest BCUT2D eigenvalue weighted by Gasteiger charge is -2.11. The molecule has 1 rings (SSSR count). The Hall–Kier alpha value is -1.12. The number of benzene rings is 1. The molecular formula is C11H16O6S2. The van der Waals surface area contributed by atoms with Gasteiger partial charge in [0.15, 0.2) is 9.84 Å². The minimum atomic E-state index is -4.01. The van der Waals surface area contributed by atoms with E-state index in [1.54, 1.807) is 6.92 Å². The second-order valence-corrected chi connectivity index (χ2v) is 7.92. The van der Waals surface area contributed by atoms with Crippen molar-refractivity contribution in [3.05, 3.63) is 24.3 Å². The van der Waals surface area contributed by atoms with Crippen LogP contribution in [0.4, 0.5) is 0 Å². The van der Waals surface area contributed by atoms with Crippen LogP contribution in [0.1, 0.15) is 6.92 Å². The molecule has 108 valence electrons. The molecule has 0 saturated carbocycles. The van der Waals surface area contributed by atoms with Crippen LogP contribution in [0.2, 0.25) is 0 Å². The summed E-state index contributed by atoms with van der Waals surface area (Å²) in [6.07, 6.45) is 1.11. The second kappa shape index (κ2) is 5.89. The highest BCUT2D eigenvalue weighted by atomic mass is 32.2. The van der Waals surface area contributed by atoms with Crippen LogP contribution in [0.3, 0.4) is 0 Å². The Morgan fingerprint density at radius 3 is 2.11 bits per heavy atom. The minimum Gasteiger partial charge on any atom is -0.493 e. The van der Waals surface area contributed by atoms with Crippen molar-refractivity contribution in [1.82, 2.24) is 0 Å². The fourth-order valence-corrected chi connectivity index (χ4v) is 2.87. The quantitative estimate of drug-likeness (QED) is 0.787. The zero-order chi connectivity index (χ0) is 14.7. The van der Waals surface area contributed by atoms with Crippen LogP contribution in [0.25, 0.3) is 0 Å². The zero-order valence-electron chi connectivity index (χ0n) is 10.6. The lowest BCUT2D eigenvalue weighted by molar-refractivity contribution is 0.269. The highest BCUT2D eigenvalue weighted by Crippen LogP contribution is 2.16. The molecule has 19 heavy (non-hydrogen) atoms. The van der Waals surface area contributed by atoms with Crippen molar-refractivity contribution in [2.45, 2.75) is 11.8 Å². The van der Waals surface area contributed by atoms with Gasteiger partial charge in [-0.2, -0.15) is 8.42 Å². The first-order chi connectivity index (χ1) is 8.58. The van der Waals surface area contributed by atoms with Gasteiger partial charge >= 0.3 is 0 Å². The average Bonchev–Trinajstić information content (AvgIpc) is 2.23. The molecule has 0 aliphatic rings. The molecule has 1 aromatic carbocycles. The standard InChI is InChI=1S/C11H16O6S2/c1-9(8-19(14,15)16)7-17-10-3-5-11(6-4-10)18(2,12)13/h3-6,9H,7-8H2,1-2H3,(H,14,15,16). The molecule has 6 nitrogen and oxygen atoms in total. The fraction of sp³-hybridized carbons (Fsp3) is 0.455. The number of hydrogen-bond donors (Lipinski definition) is 1. The van der Waals surface area contributed by atoms with E-state index in [0.29, 0.717) is 5.75 Å². The van der Waals surface area contributed by atoms with Gasteiger partial charge in [-0.1, -0.05) is 6.92 Å². The lowest BCUT2D eigenvalue weighted by atomic mass is 10.2. The van der Waals surface area contributed by atoms with E-state index < -0.39 is 20.0 Å². The Morgan fingerprint density at radius 1 is 1.16 bits per heavy atom. The molecule has 0 saturated heterocycles. The van der Waals surface area contributed by atoms with E-state index in [1.165, 1.54) is 24.3 Å². The number of ether oxygens (including phenoxy) is 1. The van der Waals surface area contributed by atoms with Crippen molar-refractivity contribution < 1.29 is 26.1 Å². The number of rotatable bonds is 6. The first-order valence-corrected chi connectivity index (χ1v) is 8.96. The van der Waals surface area contributed by atoms with Crippen molar-refractivity contribution in [2.75, 3.05) is 18.6 Å². The SMILES string of the molecule is CC(COc1ccc(S(C)(=O)=O)cc1)CS(=O)(=O)O. The molecule has 1 atom stereocenters. The van der Waals surface area contributed by atoms with E-state index >= 15 is 0 Å². The van der Waals surface area contributed by atoms with Crippen LogP contribution >= 0.6 is 0 Å². The molecule has 0 aliphatic heterocycles. The summed E-state index contributed by atoms with van der Waals surface area (Å²) in [6, 6.07) is 5.82. The molecule has 1 aromatic rings. The van der Waals surface area contributed by atoms with Crippen molar-refractivity contribution in [3.63, 3.8) is 0 Å². The van der Waals surface area contributed by atoms with Crippen molar-refractivity contribution in [1.29, 1.82) is 0 Å². The summed E-state index contributed by atoms with van der Waals surface area (Å²) in [6.45, 7) is 1.73. The summed E-state index contributed by atoms with van der Waals surface area (Å²) >= 11 is 0. The van der Waals surface area contributed by atoms with Gasteiger partial charge in [-0.25, -0.2) is 8.42 Å². The molecule has 1 N–H and O–H groups in total. The molecule has 0 bridgehead atoms. The Balaban J connectivity index is 2.60. The summed E-state index contributed by atoms with van der Waals surface area (Å²) in [5, 5.41) is 0. The van der Waals surface area contributed by atoms with Crippen LogP contribution in [0.15, 0.2) is 29.2 Å². The van der Waals surface area contributed by atoms with E-state index in [9.17, 15) is 16.8 Å². The first kappa shape index (κ1) is 15.9. The van der Waals surface area contributed by atoms with Crippen molar-refractivity contribution >= 4 is 20.0 Å². The maximum atomic E-state index is 11.2.